The molecule has 0 N–H and O–H groups in total. The van der Waals surface area contributed by atoms with E-state index < -0.39 is 0 Å². The van der Waals surface area contributed by atoms with Crippen molar-refractivity contribution in [1.82, 2.24) is 0 Å². The van der Waals surface area contributed by atoms with Gasteiger partial charge in [0.25, 0.3) is 0 Å². The second kappa shape index (κ2) is 9.95. The standard InChI is InChI=1S/C23H36.C2H3P.2H2/c1-15-6-8-20(9-7-15)21-10-12-22(13-11-21)23-14-16(2)17(3)18(4)19(23)5;1-2-3;;/h14-15,20-22H,6-13H2,1-5H3;1H,3H2;2*1H. The van der Waals surface area contributed by atoms with Crippen LogP contribution in [0.5, 0.6) is 0 Å². The molecule has 2 fully saturated rings. The highest BCUT2D eigenvalue weighted by atomic mass is 31.0. The largest absolute Gasteiger partial charge is 0.116 e. The molecule has 0 aliphatic heterocycles. The Hall–Kier alpha value is -0.790. The average Bonchev–Trinajstić information content (AvgIpc) is 2.64. The van der Waals surface area contributed by atoms with E-state index in [0.717, 1.165) is 23.7 Å². The summed E-state index contributed by atoms with van der Waals surface area (Å²) in [4.78, 5) is 0. The summed E-state index contributed by atoms with van der Waals surface area (Å²) in [6, 6.07) is 2.50. The van der Waals surface area contributed by atoms with Crippen molar-refractivity contribution in [3.05, 3.63) is 33.9 Å². The van der Waals surface area contributed by atoms with Gasteiger partial charge in [0.2, 0.25) is 0 Å². The van der Waals surface area contributed by atoms with Gasteiger partial charge in [-0.05, 0) is 118 Å². The predicted molar refractivity (Wildman–Crippen MR) is 124 cm³/mol. The van der Waals surface area contributed by atoms with E-state index in [1.165, 1.54) is 68.1 Å². The molecular weight excluding hydrogens is 331 g/mol. The Morgan fingerprint density at radius 3 is 1.81 bits per heavy atom. The maximum Gasteiger partial charge on any atom is 0 e. The molecule has 0 radical (unpaired) electrons. The van der Waals surface area contributed by atoms with Gasteiger partial charge in [-0.15, -0.1) is 6.42 Å². The fourth-order valence-corrected chi connectivity index (χ4v) is 5.33. The molecular formula is C25H43P. The fraction of sp³-hybridized carbons (Fsp3) is 0.680. The normalized spacial score (nSPS) is 28.7. The first kappa shape index (κ1) is 21.5. The SMILES string of the molecule is C#CP.Cc1cc(C2CCC(C3CCC(C)CC3)CC2)c(C)c(C)c1C.[HH].[HH]. The lowest BCUT2D eigenvalue weighted by Gasteiger charge is -2.38. The zero-order chi connectivity index (χ0) is 19.3. The van der Waals surface area contributed by atoms with Gasteiger partial charge in [0.15, 0.2) is 0 Å². The maximum atomic E-state index is 4.56. The van der Waals surface area contributed by atoms with Gasteiger partial charge in [-0.2, -0.15) is 0 Å². The summed E-state index contributed by atoms with van der Waals surface area (Å²) in [5.74, 6) is 3.90. The summed E-state index contributed by atoms with van der Waals surface area (Å²) in [6.07, 6.45) is 16.4. The van der Waals surface area contributed by atoms with E-state index in [4.69, 9.17) is 0 Å². The van der Waals surface area contributed by atoms with Crippen LogP contribution < -0.4 is 0 Å². The van der Waals surface area contributed by atoms with Crippen molar-refractivity contribution in [2.75, 3.05) is 0 Å². The minimum Gasteiger partial charge on any atom is -0.116 e. The first-order chi connectivity index (χ1) is 12.4. The Kier molecular flexibility index (Phi) is 8.23. The molecule has 3 rings (SSSR count). The molecule has 0 aromatic heterocycles. The molecule has 0 amide bonds. The molecule has 2 saturated carbocycles. The van der Waals surface area contributed by atoms with Gasteiger partial charge in [-0.3, -0.25) is 0 Å². The molecule has 26 heavy (non-hydrogen) atoms. The van der Waals surface area contributed by atoms with Crippen LogP contribution in [0.3, 0.4) is 0 Å². The molecule has 0 bridgehead atoms. The monoisotopic (exact) mass is 374 g/mol. The minimum atomic E-state index is 0. The van der Waals surface area contributed by atoms with Crippen molar-refractivity contribution >= 4 is 9.24 Å². The Labute approximate surface area is 168 Å². The summed E-state index contributed by atoms with van der Waals surface area (Å²) >= 11 is 0. The van der Waals surface area contributed by atoms with Gasteiger partial charge in [-0.25, -0.2) is 0 Å². The van der Waals surface area contributed by atoms with E-state index >= 15 is 0 Å². The van der Waals surface area contributed by atoms with Crippen LogP contribution in [0.25, 0.3) is 0 Å². The zero-order valence-electron chi connectivity index (χ0n) is 17.7. The number of terminal acetylenes is 1. The zero-order valence-corrected chi connectivity index (χ0v) is 18.9. The van der Waals surface area contributed by atoms with Crippen molar-refractivity contribution in [2.45, 2.75) is 91.9 Å². The highest BCUT2D eigenvalue weighted by Crippen LogP contribution is 2.44. The quantitative estimate of drug-likeness (QED) is 0.364. The number of benzene rings is 1. The van der Waals surface area contributed by atoms with E-state index in [9.17, 15) is 0 Å². The molecule has 2 aliphatic carbocycles. The van der Waals surface area contributed by atoms with Crippen molar-refractivity contribution < 1.29 is 2.85 Å². The lowest BCUT2D eigenvalue weighted by molar-refractivity contribution is 0.165. The summed E-state index contributed by atoms with van der Waals surface area (Å²) in [5.41, 5.74) is 9.93. The van der Waals surface area contributed by atoms with E-state index in [1.54, 1.807) is 11.1 Å². The molecule has 0 spiro atoms. The van der Waals surface area contributed by atoms with Gasteiger partial charge >= 0.3 is 0 Å². The van der Waals surface area contributed by atoms with Gasteiger partial charge in [-0.1, -0.05) is 40.7 Å². The van der Waals surface area contributed by atoms with Crippen LogP contribution in [-0.4, -0.2) is 0 Å². The van der Waals surface area contributed by atoms with Gasteiger partial charge < -0.3 is 0 Å². The van der Waals surface area contributed by atoms with Gasteiger partial charge in [0.1, 0.15) is 0 Å². The van der Waals surface area contributed by atoms with Crippen molar-refractivity contribution in [1.29, 1.82) is 0 Å². The Balaban J connectivity index is 0.00000137. The molecule has 1 aromatic carbocycles. The molecule has 0 saturated heterocycles. The maximum absolute atomic E-state index is 4.56. The highest BCUT2D eigenvalue weighted by molar-refractivity contribution is 7.23. The third kappa shape index (κ3) is 5.14. The van der Waals surface area contributed by atoms with Gasteiger partial charge in [0, 0.05) is 2.85 Å². The molecule has 0 nitrogen and oxygen atoms in total. The second-order valence-corrected chi connectivity index (χ2v) is 9.29. The first-order valence-corrected chi connectivity index (χ1v) is 11.2. The van der Waals surface area contributed by atoms with Crippen LogP contribution in [-0.2, 0) is 0 Å². The highest BCUT2D eigenvalue weighted by Gasteiger charge is 2.31. The average molecular weight is 375 g/mol. The first-order valence-electron chi connectivity index (χ1n) is 10.6. The molecule has 0 heterocycles. The molecule has 1 heteroatoms. The topological polar surface area (TPSA) is 0 Å². The van der Waals surface area contributed by atoms with Crippen LogP contribution >= 0.6 is 9.24 Å². The summed E-state index contributed by atoms with van der Waals surface area (Å²) < 4.78 is 0. The van der Waals surface area contributed by atoms with Crippen molar-refractivity contribution in [3.8, 4) is 12.1 Å². The predicted octanol–water partition coefficient (Wildman–Crippen LogP) is 7.96. The molecule has 2 aliphatic rings. The number of hydrogen-bond acceptors (Lipinski definition) is 0. The van der Waals surface area contributed by atoms with Crippen LogP contribution in [0.2, 0.25) is 0 Å². The molecule has 1 unspecified atom stereocenters. The second-order valence-electron chi connectivity index (χ2n) is 8.96. The van der Waals surface area contributed by atoms with Crippen LogP contribution in [0, 0.1) is 57.5 Å². The minimum absolute atomic E-state index is 0. The smallest absolute Gasteiger partial charge is 0 e. The summed E-state index contributed by atoms with van der Waals surface area (Å²) in [7, 11) is 2.11. The fourth-order valence-electron chi connectivity index (χ4n) is 5.33. The Morgan fingerprint density at radius 1 is 0.846 bits per heavy atom. The van der Waals surface area contributed by atoms with Crippen LogP contribution in [0.4, 0.5) is 0 Å². The Bertz CT molecular complexity index is 631. The van der Waals surface area contributed by atoms with Crippen molar-refractivity contribution in [3.63, 3.8) is 0 Å². The van der Waals surface area contributed by atoms with E-state index in [-0.39, 0.29) is 2.85 Å². The van der Waals surface area contributed by atoms with E-state index in [2.05, 4.69) is 62.0 Å². The summed E-state index contributed by atoms with van der Waals surface area (Å²) in [5, 5.41) is 0. The summed E-state index contributed by atoms with van der Waals surface area (Å²) in [6.45, 7) is 11.7. The lowest BCUT2D eigenvalue weighted by atomic mass is 9.68. The third-order valence-corrected chi connectivity index (χ3v) is 7.46. The number of aryl methyl sites for hydroxylation is 1. The lowest BCUT2D eigenvalue weighted by Crippen LogP contribution is -2.25. The Morgan fingerprint density at radius 2 is 1.31 bits per heavy atom. The van der Waals surface area contributed by atoms with E-state index in [1.807, 2.05) is 0 Å². The number of rotatable bonds is 2. The molecule has 148 valence electrons. The van der Waals surface area contributed by atoms with Crippen molar-refractivity contribution in [2.24, 2.45) is 17.8 Å². The van der Waals surface area contributed by atoms with Crippen LogP contribution in [0.15, 0.2) is 6.07 Å². The molecule has 1 aromatic rings. The van der Waals surface area contributed by atoms with Gasteiger partial charge in [0.05, 0.1) is 0 Å². The van der Waals surface area contributed by atoms with Crippen LogP contribution in [0.1, 0.15) is 94.9 Å². The third-order valence-electron chi connectivity index (χ3n) is 7.46. The number of hydrogen-bond donors (Lipinski definition) is 0. The molecule has 1 atom stereocenters. The van der Waals surface area contributed by atoms with E-state index in [0.29, 0.717) is 0 Å².